The Morgan fingerprint density at radius 2 is 2.00 bits per heavy atom. The van der Waals surface area contributed by atoms with Gasteiger partial charge in [-0.05, 0) is 30.2 Å². The molecule has 0 amide bonds. The molecule has 82 valence electrons. The van der Waals surface area contributed by atoms with Gasteiger partial charge >= 0.3 is 6.18 Å². The Bertz CT molecular complexity index is 367. The maximum Gasteiger partial charge on any atom is 0.416 e. The van der Waals surface area contributed by atoms with E-state index in [1.54, 1.807) is 13.0 Å². The lowest BCUT2D eigenvalue weighted by molar-refractivity contribution is -0.137. The molecule has 1 rings (SSSR count). The summed E-state index contributed by atoms with van der Waals surface area (Å²) in [6.07, 6.45) is -0.623. The maximum absolute atomic E-state index is 12.3. The molecule has 0 radical (unpaired) electrons. The zero-order valence-corrected chi connectivity index (χ0v) is 9.69. The van der Waals surface area contributed by atoms with Crippen molar-refractivity contribution in [2.75, 3.05) is 5.33 Å². The van der Waals surface area contributed by atoms with Crippen LogP contribution in [0.25, 0.3) is 6.08 Å². The highest BCUT2D eigenvalue weighted by molar-refractivity contribution is 9.09. The summed E-state index contributed by atoms with van der Waals surface area (Å²) in [5.74, 6) is 0. The van der Waals surface area contributed by atoms with E-state index in [0.717, 1.165) is 17.7 Å². The lowest BCUT2D eigenvalue weighted by Crippen LogP contribution is -2.05. The Morgan fingerprint density at radius 1 is 1.33 bits per heavy atom. The van der Waals surface area contributed by atoms with E-state index in [9.17, 15) is 13.2 Å². The molecule has 0 heterocycles. The number of hydrogen-bond acceptors (Lipinski definition) is 0. The topological polar surface area (TPSA) is 0 Å². The second-order valence-electron chi connectivity index (χ2n) is 3.13. The van der Waals surface area contributed by atoms with Crippen molar-refractivity contribution < 1.29 is 13.2 Å². The molecule has 15 heavy (non-hydrogen) atoms. The first-order valence-electron chi connectivity index (χ1n) is 4.35. The van der Waals surface area contributed by atoms with Crippen molar-refractivity contribution >= 4 is 22.0 Å². The molecule has 0 aliphatic carbocycles. The molecule has 0 saturated heterocycles. The van der Waals surface area contributed by atoms with E-state index >= 15 is 0 Å². The molecular weight excluding hydrogens is 269 g/mol. The molecular formula is C11H10BrF3. The molecule has 0 aromatic heterocycles. The van der Waals surface area contributed by atoms with Crippen molar-refractivity contribution in [3.05, 3.63) is 41.0 Å². The molecule has 0 spiro atoms. The zero-order valence-electron chi connectivity index (χ0n) is 8.11. The van der Waals surface area contributed by atoms with Crippen LogP contribution in [0.1, 0.15) is 16.7 Å². The predicted molar refractivity (Wildman–Crippen MR) is 59.0 cm³/mol. The van der Waals surface area contributed by atoms with Crippen LogP contribution in [0, 0.1) is 6.92 Å². The number of rotatable bonds is 2. The monoisotopic (exact) mass is 278 g/mol. The summed E-state index contributed by atoms with van der Waals surface area (Å²) in [5, 5.41) is 0.688. The van der Waals surface area contributed by atoms with Crippen molar-refractivity contribution in [3.63, 3.8) is 0 Å². The summed E-state index contributed by atoms with van der Waals surface area (Å²) in [6, 6.07) is 3.74. The number of halogens is 4. The summed E-state index contributed by atoms with van der Waals surface area (Å²) in [4.78, 5) is 0. The fourth-order valence-electron chi connectivity index (χ4n) is 1.21. The summed E-state index contributed by atoms with van der Waals surface area (Å²) < 4.78 is 37.0. The molecule has 4 heteroatoms. The summed E-state index contributed by atoms with van der Waals surface area (Å²) >= 11 is 3.21. The summed E-state index contributed by atoms with van der Waals surface area (Å²) in [6.45, 7) is 1.67. The molecule has 0 atom stereocenters. The van der Waals surface area contributed by atoms with Gasteiger partial charge in [-0.3, -0.25) is 0 Å². The number of hydrogen-bond donors (Lipinski definition) is 0. The van der Waals surface area contributed by atoms with Crippen LogP contribution in [0.2, 0.25) is 0 Å². The largest absolute Gasteiger partial charge is 0.416 e. The highest BCUT2D eigenvalue weighted by Gasteiger charge is 2.30. The number of benzene rings is 1. The van der Waals surface area contributed by atoms with Crippen LogP contribution < -0.4 is 0 Å². The second-order valence-corrected chi connectivity index (χ2v) is 3.77. The molecule has 0 unspecified atom stereocenters. The lowest BCUT2D eigenvalue weighted by Gasteiger charge is -2.08. The first kappa shape index (κ1) is 12.3. The van der Waals surface area contributed by atoms with E-state index in [0.29, 0.717) is 10.9 Å². The van der Waals surface area contributed by atoms with Crippen LogP contribution in [-0.4, -0.2) is 5.33 Å². The van der Waals surface area contributed by atoms with Gasteiger partial charge in [-0.2, -0.15) is 13.2 Å². The van der Waals surface area contributed by atoms with Gasteiger partial charge in [0.05, 0.1) is 5.56 Å². The van der Waals surface area contributed by atoms with Crippen molar-refractivity contribution in [1.82, 2.24) is 0 Å². The maximum atomic E-state index is 12.3. The first-order valence-corrected chi connectivity index (χ1v) is 5.47. The van der Waals surface area contributed by atoms with E-state index in [-0.39, 0.29) is 0 Å². The van der Waals surface area contributed by atoms with Crippen LogP contribution in [0.4, 0.5) is 13.2 Å². The van der Waals surface area contributed by atoms with Crippen LogP contribution in [0.15, 0.2) is 24.3 Å². The molecule has 0 saturated carbocycles. The quantitative estimate of drug-likeness (QED) is 0.703. The Labute approximate surface area is 94.9 Å². The van der Waals surface area contributed by atoms with E-state index in [1.165, 1.54) is 6.07 Å². The highest BCUT2D eigenvalue weighted by atomic mass is 79.9. The third-order valence-corrected chi connectivity index (χ3v) is 2.36. The predicted octanol–water partition coefficient (Wildman–Crippen LogP) is 4.42. The molecule has 0 N–H and O–H groups in total. The van der Waals surface area contributed by atoms with Crippen molar-refractivity contribution in [3.8, 4) is 0 Å². The van der Waals surface area contributed by atoms with Gasteiger partial charge in [0.15, 0.2) is 0 Å². The molecule has 0 nitrogen and oxygen atoms in total. The standard InChI is InChI=1S/C11H10BrF3/c1-8-7-10(11(13,14)15)5-4-9(8)3-2-6-12/h2-5,7H,6H2,1H3. The molecule has 0 bridgehead atoms. The minimum Gasteiger partial charge on any atom is -0.166 e. The smallest absolute Gasteiger partial charge is 0.166 e. The average molecular weight is 279 g/mol. The summed E-state index contributed by atoms with van der Waals surface area (Å²) in [5.41, 5.74) is 0.834. The number of allylic oxidation sites excluding steroid dienone is 1. The molecule has 0 fully saturated rings. The van der Waals surface area contributed by atoms with Crippen LogP contribution in [-0.2, 0) is 6.18 Å². The van der Waals surface area contributed by atoms with E-state index in [1.807, 2.05) is 6.08 Å². The minimum atomic E-state index is -4.26. The minimum absolute atomic E-state index is 0.601. The molecule has 0 aliphatic rings. The first-order chi connectivity index (χ1) is 6.95. The molecule has 0 aliphatic heterocycles. The lowest BCUT2D eigenvalue weighted by atomic mass is 10.0. The van der Waals surface area contributed by atoms with Gasteiger partial charge in [0, 0.05) is 5.33 Å². The van der Waals surface area contributed by atoms with Crippen molar-refractivity contribution in [2.45, 2.75) is 13.1 Å². The Kier molecular flexibility index (Phi) is 3.97. The third kappa shape index (κ3) is 3.38. The average Bonchev–Trinajstić information content (AvgIpc) is 2.14. The van der Waals surface area contributed by atoms with Gasteiger partial charge in [-0.25, -0.2) is 0 Å². The van der Waals surface area contributed by atoms with Gasteiger partial charge in [0.2, 0.25) is 0 Å². The Balaban J connectivity index is 3.04. The normalized spacial score (nSPS) is 12.3. The number of aryl methyl sites for hydroxylation is 1. The fourth-order valence-corrected chi connectivity index (χ4v) is 1.40. The zero-order chi connectivity index (χ0) is 11.5. The van der Waals surface area contributed by atoms with E-state index in [2.05, 4.69) is 15.9 Å². The molecule has 1 aromatic rings. The van der Waals surface area contributed by atoms with Gasteiger partial charge in [-0.15, -0.1) is 0 Å². The van der Waals surface area contributed by atoms with E-state index in [4.69, 9.17) is 0 Å². The van der Waals surface area contributed by atoms with Gasteiger partial charge in [0.25, 0.3) is 0 Å². The Morgan fingerprint density at radius 3 is 2.47 bits per heavy atom. The van der Waals surface area contributed by atoms with Crippen molar-refractivity contribution in [1.29, 1.82) is 0 Å². The van der Waals surface area contributed by atoms with Crippen LogP contribution in [0.3, 0.4) is 0 Å². The van der Waals surface area contributed by atoms with Gasteiger partial charge in [0.1, 0.15) is 0 Å². The Hall–Kier alpha value is -0.770. The van der Waals surface area contributed by atoms with Gasteiger partial charge < -0.3 is 0 Å². The number of alkyl halides is 4. The van der Waals surface area contributed by atoms with Crippen LogP contribution >= 0.6 is 15.9 Å². The van der Waals surface area contributed by atoms with Crippen LogP contribution in [0.5, 0.6) is 0 Å². The summed E-state index contributed by atoms with van der Waals surface area (Å²) in [7, 11) is 0. The molecule has 1 aromatic carbocycles. The highest BCUT2D eigenvalue weighted by Crippen LogP contribution is 2.30. The van der Waals surface area contributed by atoms with E-state index < -0.39 is 11.7 Å². The SMILES string of the molecule is Cc1cc(C(F)(F)F)ccc1C=CCBr. The second kappa shape index (κ2) is 4.84. The van der Waals surface area contributed by atoms with Crippen molar-refractivity contribution in [2.24, 2.45) is 0 Å². The van der Waals surface area contributed by atoms with Gasteiger partial charge in [-0.1, -0.05) is 34.1 Å². The fraction of sp³-hybridized carbons (Fsp3) is 0.273. The third-order valence-electron chi connectivity index (χ3n) is 1.98.